The number of nitrogens with zero attached hydrogens (tertiary/aromatic N) is 1. The molecule has 5 heteroatoms. The van der Waals surface area contributed by atoms with Crippen LogP contribution in [-0.2, 0) is 0 Å². The van der Waals surface area contributed by atoms with E-state index in [4.69, 9.17) is 4.74 Å². The normalized spacial score (nSPS) is 12.3. The maximum absolute atomic E-state index is 13.7. The maximum Gasteiger partial charge on any atom is 0.211 e. The number of ether oxygens (including phenoxy) is 1. The van der Waals surface area contributed by atoms with Crippen molar-refractivity contribution in [1.29, 1.82) is 0 Å². The lowest BCUT2D eigenvalue weighted by molar-refractivity contribution is 0.0970. The van der Waals surface area contributed by atoms with Crippen LogP contribution in [0.1, 0.15) is 60.4 Å². The molecule has 1 aromatic heterocycles. The molecular formula is C28H21NO4. The highest BCUT2D eigenvalue weighted by molar-refractivity contribution is 6.32. The quantitative estimate of drug-likeness (QED) is 0.356. The fraction of sp³-hybridized carbons (Fsp3) is 0.107. The Morgan fingerprint density at radius 3 is 2.06 bits per heavy atom. The molecule has 0 unspecified atom stereocenters. The molecule has 0 saturated carbocycles. The second-order valence-electron chi connectivity index (χ2n) is 7.91. The van der Waals surface area contributed by atoms with Crippen molar-refractivity contribution in [3.05, 3.63) is 118 Å². The van der Waals surface area contributed by atoms with Gasteiger partial charge in [0.2, 0.25) is 11.7 Å². The first-order valence-electron chi connectivity index (χ1n) is 10.8. The summed E-state index contributed by atoms with van der Waals surface area (Å²) in [6, 6.07) is 23.0. The minimum absolute atomic E-state index is 0.0941. The van der Waals surface area contributed by atoms with Crippen LogP contribution in [0.5, 0.6) is 5.88 Å². The van der Waals surface area contributed by atoms with Gasteiger partial charge in [-0.15, -0.1) is 0 Å². The number of hydrogen-bond acceptors (Lipinski definition) is 4. The van der Waals surface area contributed by atoms with Crippen LogP contribution < -0.4 is 4.74 Å². The van der Waals surface area contributed by atoms with Gasteiger partial charge in [0, 0.05) is 22.4 Å². The monoisotopic (exact) mass is 435 g/mol. The number of aromatic nitrogens is 1. The van der Waals surface area contributed by atoms with E-state index in [1.807, 2.05) is 37.3 Å². The number of carbonyl (C=O) groups is 3. The summed E-state index contributed by atoms with van der Waals surface area (Å²) in [6.45, 7) is 4.04. The summed E-state index contributed by atoms with van der Waals surface area (Å²) in [4.78, 5) is 41.1. The van der Waals surface area contributed by atoms with Gasteiger partial charge in [-0.05, 0) is 26.0 Å². The summed E-state index contributed by atoms with van der Waals surface area (Å²) < 4.78 is 7.60. The zero-order chi connectivity index (χ0) is 23.1. The summed E-state index contributed by atoms with van der Waals surface area (Å²) in [5, 5.41) is 0. The molecule has 5 rings (SSSR count). The minimum Gasteiger partial charge on any atom is -0.478 e. The van der Waals surface area contributed by atoms with E-state index >= 15 is 0 Å². The molecule has 0 fully saturated rings. The Labute approximate surface area is 191 Å². The maximum atomic E-state index is 13.7. The van der Waals surface area contributed by atoms with Crippen LogP contribution in [0, 0.1) is 6.92 Å². The van der Waals surface area contributed by atoms with Crippen LogP contribution in [0.2, 0.25) is 0 Å². The number of benzene rings is 3. The number of hydrogen-bond donors (Lipinski definition) is 0. The highest BCUT2D eigenvalue weighted by atomic mass is 16.5. The van der Waals surface area contributed by atoms with Gasteiger partial charge in [0.25, 0.3) is 0 Å². The average Bonchev–Trinajstić information content (AvgIpc) is 3.18. The molecule has 1 aliphatic rings. The Morgan fingerprint density at radius 2 is 1.42 bits per heavy atom. The van der Waals surface area contributed by atoms with E-state index in [0.717, 1.165) is 5.56 Å². The van der Waals surface area contributed by atoms with Crippen LogP contribution in [0.25, 0.3) is 5.69 Å². The summed E-state index contributed by atoms with van der Waals surface area (Å²) >= 11 is 0. The third kappa shape index (κ3) is 3.21. The lowest BCUT2D eigenvalue weighted by Gasteiger charge is -2.18. The van der Waals surface area contributed by atoms with Gasteiger partial charge in [0.1, 0.15) is 5.69 Å². The van der Waals surface area contributed by atoms with E-state index in [-0.39, 0.29) is 46.7 Å². The Bertz CT molecular complexity index is 1410. The van der Waals surface area contributed by atoms with E-state index in [1.54, 1.807) is 60.0 Å². The van der Waals surface area contributed by atoms with E-state index in [2.05, 4.69) is 0 Å². The molecule has 0 atom stereocenters. The summed E-state index contributed by atoms with van der Waals surface area (Å²) in [5.74, 6) is -0.823. The van der Waals surface area contributed by atoms with Crippen molar-refractivity contribution in [2.24, 2.45) is 0 Å². The van der Waals surface area contributed by atoms with Crippen molar-refractivity contribution in [2.75, 3.05) is 6.61 Å². The van der Waals surface area contributed by atoms with Gasteiger partial charge in [-0.2, -0.15) is 0 Å². The van der Waals surface area contributed by atoms with Crippen molar-refractivity contribution in [3.63, 3.8) is 0 Å². The van der Waals surface area contributed by atoms with Gasteiger partial charge in [-0.1, -0.05) is 72.3 Å². The van der Waals surface area contributed by atoms with Crippen LogP contribution in [0.4, 0.5) is 0 Å². The second-order valence-corrected chi connectivity index (χ2v) is 7.91. The number of ketones is 3. The first-order chi connectivity index (χ1) is 16.0. The molecule has 162 valence electrons. The molecule has 0 amide bonds. The molecule has 0 bridgehead atoms. The summed E-state index contributed by atoms with van der Waals surface area (Å²) in [7, 11) is 0. The molecule has 0 aliphatic heterocycles. The molecule has 33 heavy (non-hydrogen) atoms. The molecule has 0 N–H and O–H groups in total. The average molecular weight is 435 g/mol. The molecule has 0 spiro atoms. The number of fused-ring (bicyclic) bond motifs is 2. The lowest BCUT2D eigenvalue weighted by atomic mass is 9.85. The first-order valence-corrected chi connectivity index (χ1v) is 10.8. The van der Waals surface area contributed by atoms with Crippen LogP contribution in [-0.4, -0.2) is 28.5 Å². The van der Waals surface area contributed by atoms with Crippen molar-refractivity contribution >= 4 is 17.3 Å². The standard InChI is InChI=1S/C28H21NO4/c1-3-33-28-23(25(30)18-9-5-4-6-10-18)22-24(29(28)19-15-13-17(2)14-16-19)27(32)21-12-8-7-11-20(21)26(22)31/h4-16H,3H2,1-2H3. The van der Waals surface area contributed by atoms with E-state index in [1.165, 1.54) is 0 Å². The minimum atomic E-state index is -0.360. The predicted molar refractivity (Wildman–Crippen MR) is 125 cm³/mol. The highest BCUT2D eigenvalue weighted by Gasteiger charge is 2.41. The number of aryl methyl sites for hydroxylation is 1. The fourth-order valence-corrected chi connectivity index (χ4v) is 4.29. The second kappa shape index (κ2) is 8.02. The third-order valence-corrected chi connectivity index (χ3v) is 5.82. The van der Waals surface area contributed by atoms with E-state index in [9.17, 15) is 14.4 Å². The van der Waals surface area contributed by atoms with Crippen LogP contribution in [0.15, 0.2) is 78.9 Å². The number of carbonyl (C=O) groups excluding carboxylic acids is 3. The van der Waals surface area contributed by atoms with Crippen molar-refractivity contribution in [2.45, 2.75) is 13.8 Å². The smallest absolute Gasteiger partial charge is 0.211 e. The molecule has 1 heterocycles. The fourth-order valence-electron chi connectivity index (χ4n) is 4.29. The van der Waals surface area contributed by atoms with Gasteiger partial charge >= 0.3 is 0 Å². The van der Waals surface area contributed by atoms with E-state index in [0.29, 0.717) is 22.4 Å². The summed E-state index contributed by atoms with van der Waals surface area (Å²) in [6.07, 6.45) is 0. The van der Waals surface area contributed by atoms with Crippen molar-refractivity contribution in [3.8, 4) is 11.6 Å². The van der Waals surface area contributed by atoms with Crippen LogP contribution in [0.3, 0.4) is 0 Å². The SMILES string of the molecule is CCOc1c(C(=O)c2ccccc2)c2c(n1-c1ccc(C)cc1)C(=O)c1ccccc1C2=O. The van der Waals surface area contributed by atoms with Gasteiger partial charge in [0.05, 0.1) is 17.7 Å². The Morgan fingerprint density at radius 1 is 0.818 bits per heavy atom. The third-order valence-electron chi connectivity index (χ3n) is 5.82. The molecule has 3 aromatic carbocycles. The zero-order valence-corrected chi connectivity index (χ0v) is 18.3. The molecule has 1 aliphatic carbocycles. The van der Waals surface area contributed by atoms with Gasteiger partial charge in [-0.25, -0.2) is 0 Å². The Hall–Kier alpha value is -4.25. The number of rotatable bonds is 5. The van der Waals surface area contributed by atoms with Crippen LogP contribution >= 0.6 is 0 Å². The Balaban J connectivity index is 1.88. The largest absolute Gasteiger partial charge is 0.478 e. The lowest BCUT2D eigenvalue weighted by Crippen LogP contribution is -2.23. The van der Waals surface area contributed by atoms with Gasteiger partial charge in [-0.3, -0.25) is 19.0 Å². The molecule has 4 aromatic rings. The van der Waals surface area contributed by atoms with E-state index < -0.39 is 0 Å². The topological polar surface area (TPSA) is 65.4 Å². The zero-order valence-electron chi connectivity index (χ0n) is 18.3. The van der Waals surface area contributed by atoms with Crippen molar-refractivity contribution in [1.82, 2.24) is 4.57 Å². The Kier molecular flexibility index (Phi) is 5.02. The predicted octanol–water partition coefficient (Wildman–Crippen LogP) is 5.19. The molecule has 0 radical (unpaired) electrons. The highest BCUT2D eigenvalue weighted by Crippen LogP contribution is 2.40. The molecular weight excluding hydrogens is 414 g/mol. The molecule has 0 saturated heterocycles. The summed E-state index contributed by atoms with van der Waals surface area (Å²) in [5.41, 5.74) is 3.10. The first kappa shape index (κ1) is 20.6. The van der Waals surface area contributed by atoms with Gasteiger partial charge < -0.3 is 4.74 Å². The van der Waals surface area contributed by atoms with Gasteiger partial charge in [0.15, 0.2) is 11.6 Å². The van der Waals surface area contributed by atoms with Crippen molar-refractivity contribution < 1.29 is 19.1 Å². The molecule has 5 nitrogen and oxygen atoms in total.